The predicted molar refractivity (Wildman–Crippen MR) is 52.4 cm³/mol. The Morgan fingerprint density at radius 3 is 2.33 bits per heavy atom. The normalized spacial score (nSPS) is 40.5. The minimum atomic E-state index is -1.63. The molecule has 0 heterocycles. The lowest BCUT2D eigenvalue weighted by Gasteiger charge is -2.35. The Morgan fingerprint density at radius 2 is 1.93 bits per heavy atom. The fraction of sp³-hybridized carbons (Fsp3) is 0.900. The molecule has 1 unspecified atom stereocenters. The highest BCUT2D eigenvalue weighted by Gasteiger charge is 2.61. The zero-order valence-electron chi connectivity index (χ0n) is 9.57. The van der Waals surface area contributed by atoms with Crippen LogP contribution < -0.4 is 0 Å². The van der Waals surface area contributed by atoms with Gasteiger partial charge in [0.2, 0.25) is 0 Å². The van der Waals surface area contributed by atoms with E-state index >= 15 is 0 Å². The molecule has 1 saturated carbocycles. The molecule has 1 aliphatic rings. The average molecular weight is 218 g/mol. The number of hydrogen-bond acceptors (Lipinski definition) is 5. The van der Waals surface area contributed by atoms with Gasteiger partial charge in [-0.15, -0.1) is 0 Å². The van der Waals surface area contributed by atoms with E-state index in [1.54, 1.807) is 14.0 Å². The van der Waals surface area contributed by atoms with Gasteiger partial charge in [-0.1, -0.05) is 0 Å². The fourth-order valence-electron chi connectivity index (χ4n) is 2.11. The maximum Gasteiger partial charge on any atom is 0.341 e. The molecule has 1 fully saturated rings. The van der Waals surface area contributed by atoms with E-state index in [2.05, 4.69) is 4.74 Å². The Labute approximate surface area is 89.3 Å². The van der Waals surface area contributed by atoms with Gasteiger partial charge in [0.15, 0.2) is 5.60 Å². The van der Waals surface area contributed by atoms with Gasteiger partial charge in [0.25, 0.3) is 0 Å². The Balaban J connectivity index is 2.99. The molecule has 0 bridgehead atoms. The van der Waals surface area contributed by atoms with Crippen molar-refractivity contribution in [3.05, 3.63) is 0 Å². The minimum Gasteiger partial charge on any atom is -0.467 e. The standard InChI is InChI=1S/C10H18O5/c1-9(15-4)5-7(13-2)6-10(9,12)8(11)14-3/h7,12H,5-6H2,1-4H3/t7?,9-,10-/m1/s1. The molecule has 1 rings (SSSR count). The number of ether oxygens (including phenoxy) is 3. The van der Waals surface area contributed by atoms with Crippen LogP contribution in [0.25, 0.3) is 0 Å². The Bertz CT molecular complexity index is 254. The molecule has 88 valence electrons. The molecule has 1 aliphatic carbocycles. The SMILES string of the molecule is COC(=O)[C@]1(O)CC(OC)C[C@@]1(C)OC. The number of esters is 1. The van der Waals surface area contributed by atoms with Crippen molar-refractivity contribution in [1.82, 2.24) is 0 Å². The van der Waals surface area contributed by atoms with Gasteiger partial charge in [-0.25, -0.2) is 4.79 Å². The van der Waals surface area contributed by atoms with Gasteiger partial charge < -0.3 is 19.3 Å². The van der Waals surface area contributed by atoms with Gasteiger partial charge >= 0.3 is 5.97 Å². The van der Waals surface area contributed by atoms with Crippen LogP contribution in [0.3, 0.4) is 0 Å². The molecule has 0 aliphatic heterocycles. The van der Waals surface area contributed by atoms with Crippen molar-refractivity contribution in [1.29, 1.82) is 0 Å². The van der Waals surface area contributed by atoms with Gasteiger partial charge in [-0.3, -0.25) is 0 Å². The third-order valence-electron chi connectivity index (χ3n) is 3.32. The van der Waals surface area contributed by atoms with E-state index in [-0.39, 0.29) is 12.5 Å². The van der Waals surface area contributed by atoms with Crippen molar-refractivity contribution in [3.8, 4) is 0 Å². The average Bonchev–Trinajstić information content (AvgIpc) is 2.52. The summed E-state index contributed by atoms with van der Waals surface area (Å²) in [5, 5.41) is 10.3. The predicted octanol–water partition coefficient (Wildman–Crippen LogP) is 0.104. The molecule has 15 heavy (non-hydrogen) atoms. The largest absolute Gasteiger partial charge is 0.467 e. The highest BCUT2D eigenvalue weighted by Crippen LogP contribution is 2.43. The molecule has 1 N–H and O–H groups in total. The number of carbonyl (C=O) groups is 1. The molecule has 0 aromatic rings. The van der Waals surface area contributed by atoms with E-state index in [9.17, 15) is 9.90 Å². The molecule has 5 nitrogen and oxygen atoms in total. The lowest BCUT2D eigenvalue weighted by molar-refractivity contribution is -0.190. The van der Waals surface area contributed by atoms with E-state index in [1.807, 2.05) is 0 Å². The maximum atomic E-state index is 11.6. The summed E-state index contributed by atoms with van der Waals surface area (Å²) in [6.07, 6.45) is 0.464. The van der Waals surface area contributed by atoms with Gasteiger partial charge in [0.1, 0.15) is 5.60 Å². The maximum absolute atomic E-state index is 11.6. The van der Waals surface area contributed by atoms with Crippen molar-refractivity contribution in [3.63, 3.8) is 0 Å². The van der Waals surface area contributed by atoms with E-state index in [0.29, 0.717) is 6.42 Å². The van der Waals surface area contributed by atoms with Crippen LogP contribution in [0.2, 0.25) is 0 Å². The van der Waals surface area contributed by atoms with Gasteiger partial charge in [-0.2, -0.15) is 0 Å². The molecule has 5 heteroatoms. The second kappa shape index (κ2) is 4.08. The number of carbonyl (C=O) groups excluding carboxylic acids is 1. The molecule has 0 amide bonds. The van der Waals surface area contributed by atoms with Crippen LogP contribution in [0.15, 0.2) is 0 Å². The molecule has 3 atom stereocenters. The first-order valence-corrected chi connectivity index (χ1v) is 4.82. The topological polar surface area (TPSA) is 65.0 Å². The Hall–Kier alpha value is -0.650. The summed E-state index contributed by atoms with van der Waals surface area (Å²) in [7, 11) is 4.26. The number of hydrogen-bond donors (Lipinski definition) is 1. The molecule has 0 spiro atoms. The van der Waals surface area contributed by atoms with Crippen LogP contribution >= 0.6 is 0 Å². The van der Waals surface area contributed by atoms with Crippen LogP contribution in [-0.2, 0) is 19.0 Å². The lowest BCUT2D eigenvalue weighted by Crippen LogP contribution is -2.55. The smallest absolute Gasteiger partial charge is 0.341 e. The third kappa shape index (κ3) is 1.75. The highest BCUT2D eigenvalue weighted by atomic mass is 16.6. The summed E-state index contributed by atoms with van der Waals surface area (Å²) in [4.78, 5) is 11.6. The number of methoxy groups -OCH3 is 3. The first-order valence-electron chi connectivity index (χ1n) is 4.82. The summed E-state index contributed by atoms with van der Waals surface area (Å²) in [6.45, 7) is 1.68. The molecule has 0 radical (unpaired) electrons. The zero-order chi connectivity index (χ0) is 11.7. The van der Waals surface area contributed by atoms with Crippen molar-refractivity contribution in [2.24, 2.45) is 0 Å². The van der Waals surface area contributed by atoms with Gasteiger partial charge in [-0.05, 0) is 6.92 Å². The second-order valence-electron chi connectivity index (χ2n) is 4.05. The molecule has 0 saturated heterocycles. The lowest BCUT2D eigenvalue weighted by atomic mass is 9.87. The van der Waals surface area contributed by atoms with E-state index < -0.39 is 17.2 Å². The molecule has 0 aromatic heterocycles. The zero-order valence-corrected chi connectivity index (χ0v) is 9.57. The Kier molecular flexibility index (Phi) is 3.38. The fourth-order valence-corrected chi connectivity index (χ4v) is 2.11. The van der Waals surface area contributed by atoms with Crippen LogP contribution in [0.4, 0.5) is 0 Å². The minimum absolute atomic E-state index is 0.195. The first-order chi connectivity index (χ1) is 6.93. The third-order valence-corrected chi connectivity index (χ3v) is 3.32. The van der Waals surface area contributed by atoms with Gasteiger partial charge in [0, 0.05) is 27.1 Å². The highest BCUT2D eigenvalue weighted by molar-refractivity contribution is 5.81. The van der Waals surface area contributed by atoms with E-state index in [4.69, 9.17) is 9.47 Å². The van der Waals surface area contributed by atoms with E-state index in [0.717, 1.165) is 0 Å². The molecular formula is C10H18O5. The quantitative estimate of drug-likeness (QED) is 0.681. The van der Waals surface area contributed by atoms with Crippen LogP contribution in [0, 0.1) is 0 Å². The van der Waals surface area contributed by atoms with Gasteiger partial charge in [0.05, 0.1) is 13.2 Å². The van der Waals surface area contributed by atoms with Crippen LogP contribution in [0.5, 0.6) is 0 Å². The second-order valence-corrected chi connectivity index (χ2v) is 4.05. The van der Waals surface area contributed by atoms with Crippen LogP contribution in [0.1, 0.15) is 19.8 Å². The summed E-state index contributed by atoms with van der Waals surface area (Å²) in [5.74, 6) is -0.675. The Morgan fingerprint density at radius 1 is 1.33 bits per heavy atom. The van der Waals surface area contributed by atoms with E-state index in [1.165, 1.54) is 14.2 Å². The first kappa shape index (κ1) is 12.4. The molecule has 0 aromatic carbocycles. The summed E-state index contributed by atoms with van der Waals surface area (Å²) in [6, 6.07) is 0. The summed E-state index contributed by atoms with van der Waals surface area (Å²) < 4.78 is 15.0. The summed E-state index contributed by atoms with van der Waals surface area (Å²) in [5.41, 5.74) is -2.59. The van der Waals surface area contributed by atoms with Crippen molar-refractivity contribution in [2.75, 3.05) is 21.3 Å². The molecular weight excluding hydrogens is 200 g/mol. The van der Waals surface area contributed by atoms with Crippen molar-refractivity contribution < 1.29 is 24.1 Å². The monoisotopic (exact) mass is 218 g/mol. The number of aliphatic hydroxyl groups is 1. The van der Waals surface area contributed by atoms with Crippen molar-refractivity contribution >= 4 is 5.97 Å². The number of rotatable bonds is 3. The summed E-state index contributed by atoms with van der Waals surface area (Å²) >= 11 is 0. The van der Waals surface area contributed by atoms with Crippen LogP contribution in [-0.4, -0.2) is 49.7 Å². The van der Waals surface area contributed by atoms with Crippen molar-refractivity contribution in [2.45, 2.75) is 37.1 Å².